The highest BCUT2D eigenvalue weighted by atomic mass is 16.2. The Labute approximate surface area is 157 Å². The Bertz CT molecular complexity index is 1140. The fraction of sp³-hybridized carbons (Fsp3) is 0.182. The number of Topliss-reactive ketones (excluding diaryl/α,β-unsaturated/α-hetero) is 1. The van der Waals surface area contributed by atoms with Crippen LogP contribution in [-0.2, 0) is 17.8 Å². The number of aromatic amines is 1. The van der Waals surface area contributed by atoms with E-state index in [9.17, 15) is 9.59 Å². The molecule has 0 aliphatic rings. The number of H-pyrrole nitrogens is 1. The maximum atomic E-state index is 12.7. The highest BCUT2D eigenvalue weighted by Crippen LogP contribution is 2.22. The largest absolute Gasteiger partial charge is 0.361 e. The number of carbonyl (C=O) groups is 2. The van der Waals surface area contributed by atoms with Crippen LogP contribution in [0.25, 0.3) is 21.8 Å². The zero-order valence-corrected chi connectivity index (χ0v) is 15.2. The van der Waals surface area contributed by atoms with Crippen molar-refractivity contribution < 1.29 is 9.59 Å². The second-order valence-corrected chi connectivity index (χ2v) is 6.54. The topological polar surface area (TPSA) is 66.9 Å². The van der Waals surface area contributed by atoms with Crippen molar-refractivity contribution in [2.24, 2.45) is 0 Å². The Balaban J connectivity index is 1.46. The normalized spacial score (nSPS) is 11.1. The number of ketones is 1. The third-order valence-electron chi connectivity index (χ3n) is 4.93. The van der Waals surface area contributed by atoms with Crippen molar-refractivity contribution >= 4 is 33.5 Å². The van der Waals surface area contributed by atoms with Crippen LogP contribution in [-0.4, -0.2) is 27.8 Å². The first-order valence-corrected chi connectivity index (χ1v) is 9.14. The van der Waals surface area contributed by atoms with Crippen molar-refractivity contribution in [1.82, 2.24) is 14.9 Å². The molecule has 0 aliphatic carbocycles. The Kier molecular flexibility index (Phi) is 4.50. The molecule has 0 bridgehead atoms. The van der Waals surface area contributed by atoms with Gasteiger partial charge in [-0.25, -0.2) is 0 Å². The van der Waals surface area contributed by atoms with E-state index >= 15 is 0 Å². The number of hydrogen-bond acceptors (Lipinski definition) is 2. The molecule has 136 valence electrons. The Morgan fingerprint density at radius 3 is 2.59 bits per heavy atom. The molecular weight excluding hydrogens is 338 g/mol. The average molecular weight is 359 g/mol. The van der Waals surface area contributed by atoms with E-state index in [0.717, 1.165) is 33.9 Å². The van der Waals surface area contributed by atoms with Gasteiger partial charge in [-0.3, -0.25) is 9.59 Å². The predicted octanol–water partition coefficient (Wildman–Crippen LogP) is 3.68. The Morgan fingerprint density at radius 2 is 1.78 bits per heavy atom. The minimum Gasteiger partial charge on any atom is -0.361 e. The van der Waals surface area contributed by atoms with Crippen LogP contribution in [0.3, 0.4) is 0 Å². The van der Waals surface area contributed by atoms with Crippen LogP contribution in [0.2, 0.25) is 0 Å². The van der Waals surface area contributed by atoms with Gasteiger partial charge in [-0.2, -0.15) is 0 Å². The molecule has 0 fully saturated rings. The number of carbonyl (C=O) groups excluding carboxylic acids is 2. The smallest absolute Gasteiger partial charge is 0.292 e. The van der Waals surface area contributed by atoms with Gasteiger partial charge in [0, 0.05) is 47.3 Å². The van der Waals surface area contributed by atoms with Gasteiger partial charge < -0.3 is 14.9 Å². The molecule has 4 aromatic rings. The van der Waals surface area contributed by atoms with Crippen LogP contribution in [0.4, 0.5) is 0 Å². The molecule has 0 spiro atoms. The van der Waals surface area contributed by atoms with E-state index in [1.165, 1.54) is 0 Å². The number of rotatable bonds is 6. The zero-order valence-electron chi connectivity index (χ0n) is 15.2. The number of amides is 1. The van der Waals surface area contributed by atoms with Gasteiger partial charge in [-0.1, -0.05) is 36.4 Å². The van der Waals surface area contributed by atoms with Gasteiger partial charge in [0.25, 0.3) is 11.7 Å². The van der Waals surface area contributed by atoms with Crippen molar-refractivity contribution in [2.75, 3.05) is 6.54 Å². The Hall–Kier alpha value is -3.34. The van der Waals surface area contributed by atoms with Gasteiger partial charge in [-0.05, 0) is 31.0 Å². The van der Waals surface area contributed by atoms with Crippen LogP contribution in [0.1, 0.15) is 22.8 Å². The summed E-state index contributed by atoms with van der Waals surface area (Å²) in [7, 11) is 0. The van der Waals surface area contributed by atoms with Crippen molar-refractivity contribution in [3.05, 3.63) is 72.1 Å². The van der Waals surface area contributed by atoms with Gasteiger partial charge in [0.1, 0.15) is 0 Å². The van der Waals surface area contributed by atoms with Crippen LogP contribution in [0, 0.1) is 0 Å². The second-order valence-electron chi connectivity index (χ2n) is 6.54. The van der Waals surface area contributed by atoms with E-state index < -0.39 is 11.7 Å². The van der Waals surface area contributed by atoms with E-state index in [1.54, 1.807) is 6.20 Å². The average Bonchev–Trinajstić information content (AvgIpc) is 3.29. The lowest BCUT2D eigenvalue weighted by Crippen LogP contribution is -2.32. The summed E-state index contributed by atoms with van der Waals surface area (Å²) in [5.41, 5.74) is 3.62. The summed E-state index contributed by atoms with van der Waals surface area (Å²) in [5, 5.41) is 4.72. The van der Waals surface area contributed by atoms with Crippen molar-refractivity contribution in [3.8, 4) is 0 Å². The lowest BCUT2D eigenvalue weighted by molar-refractivity contribution is -0.116. The predicted molar refractivity (Wildman–Crippen MR) is 107 cm³/mol. The van der Waals surface area contributed by atoms with Gasteiger partial charge in [-0.15, -0.1) is 0 Å². The molecule has 2 N–H and O–H groups in total. The van der Waals surface area contributed by atoms with Crippen LogP contribution in [0.15, 0.2) is 60.9 Å². The fourth-order valence-corrected chi connectivity index (χ4v) is 3.54. The van der Waals surface area contributed by atoms with Gasteiger partial charge in [0.05, 0.1) is 5.56 Å². The van der Waals surface area contributed by atoms with E-state index in [0.29, 0.717) is 18.5 Å². The zero-order chi connectivity index (χ0) is 18.8. The third kappa shape index (κ3) is 3.12. The van der Waals surface area contributed by atoms with E-state index in [-0.39, 0.29) is 0 Å². The number of aromatic nitrogens is 2. The number of nitrogens with zero attached hydrogens (tertiary/aromatic N) is 1. The van der Waals surface area contributed by atoms with Crippen LogP contribution >= 0.6 is 0 Å². The molecule has 5 heteroatoms. The summed E-state index contributed by atoms with van der Waals surface area (Å²) in [6.07, 6.45) is 4.39. The third-order valence-corrected chi connectivity index (χ3v) is 4.93. The summed E-state index contributed by atoms with van der Waals surface area (Å²) in [6, 6.07) is 15.7. The molecule has 2 aromatic carbocycles. The highest BCUT2D eigenvalue weighted by molar-refractivity contribution is 6.45. The number of fused-ring (bicyclic) bond motifs is 2. The summed E-state index contributed by atoms with van der Waals surface area (Å²) < 4.78 is 1.99. The number of hydrogen-bond donors (Lipinski definition) is 2. The van der Waals surface area contributed by atoms with E-state index in [2.05, 4.69) is 10.3 Å². The summed E-state index contributed by atoms with van der Waals surface area (Å²) in [6.45, 7) is 3.18. The molecule has 0 radical (unpaired) electrons. The summed E-state index contributed by atoms with van der Waals surface area (Å²) in [5.74, 6) is -1.05. The molecule has 2 aromatic heterocycles. The monoisotopic (exact) mass is 359 g/mol. The van der Waals surface area contributed by atoms with Crippen LogP contribution in [0.5, 0.6) is 0 Å². The maximum Gasteiger partial charge on any atom is 0.292 e. The standard InChI is InChI=1S/C22H21N3O2/c1-2-25-14-18(17-8-4-6-10-20(17)25)21(26)22(27)23-12-11-15-13-24-19-9-5-3-7-16(15)19/h3-10,13-14,24H,2,11-12H2,1H3,(H,23,27). The van der Waals surface area contributed by atoms with Crippen LogP contribution < -0.4 is 5.32 Å². The van der Waals surface area contributed by atoms with Crippen molar-refractivity contribution in [3.63, 3.8) is 0 Å². The van der Waals surface area contributed by atoms with Gasteiger partial charge >= 0.3 is 0 Å². The first-order valence-electron chi connectivity index (χ1n) is 9.14. The first kappa shape index (κ1) is 17.1. The molecule has 4 rings (SSSR count). The number of benzene rings is 2. The summed E-state index contributed by atoms with van der Waals surface area (Å²) >= 11 is 0. The van der Waals surface area contributed by atoms with E-state index in [1.807, 2.05) is 66.2 Å². The van der Waals surface area contributed by atoms with Gasteiger partial charge in [0.2, 0.25) is 0 Å². The molecule has 1 amide bonds. The minimum absolute atomic E-state index is 0.416. The first-order chi connectivity index (χ1) is 13.2. The molecule has 0 unspecified atom stereocenters. The number of para-hydroxylation sites is 2. The molecule has 0 aliphatic heterocycles. The number of aryl methyl sites for hydroxylation is 1. The molecule has 2 heterocycles. The maximum absolute atomic E-state index is 12.7. The van der Waals surface area contributed by atoms with Crippen molar-refractivity contribution in [1.29, 1.82) is 0 Å². The Morgan fingerprint density at radius 1 is 1.04 bits per heavy atom. The molecule has 0 saturated carbocycles. The molecule has 27 heavy (non-hydrogen) atoms. The fourth-order valence-electron chi connectivity index (χ4n) is 3.54. The molecule has 0 atom stereocenters. The SMILES string of the molecule is CCn1cc(C(=O)C(=O)NCCc2c[nH]c3ccccc23)c2ccccc21. The van der Waals surface area contributed by atoms with E-state index in [4.69, 9.17) is 0 Å². The lowest BCUT2D eigenvalue weighted by Gasteiger charge is -2.04. The summed E-state index contributed by atoms with van der Waals surface area (Å²) in [4.78, 5) is 28.3. The number of nitrogens with one attached hydrogen (secondary N) is 2. The molecular formula is C22H21N3O2. The second kappa shape index (κ2) is 7.11. The molecule has 0 saturated heterocycles. The van der Waals surface area contributed by atoms with Crippen molar-refractivity contribution in [2.45, 2.75) is 19.9 Å². The lowest BCUT2D eigenvalue weighted by atomic mass is 10.1. The van der Waals surface area contributed by atoms with Gasteiger partial charge in [0.15, 0.2) is 0 Å². The molecule has 5 nitrogen and oxygen atoms in total. The highest BCUT2D eigenvalue weighted by Gasteiger charge is 2.21. The minimum atomic E-state index is -0.561. The quantitative estimate of drug-likeness (QED) is 0.407.